The Balaban J connectivity index is 1.64. The SMILES string of the molecule is CC1CCNC1CNC1CCC1. The molecule has 2 atom stereocenters. The number of rotatable bonds is 3. The summed E-state index contributed by atoms with van der Waals surface area (Å²) >= 11 is 0. The van der Waals surface area contributed by atoms with Crippen LogP contribution in [0.5, 0.6) is 0 Å². The lowest BCUT2D eigenvalue weighted by atomic mass is 9.92. The minimum absolute atomic E-state index is 0.741. The van der Waals surface area contributed by atoms with Crippen molar-refractivity contribution in [3.63, 3.8) is 0 Å². The van der Waals surface area contributed by atoms with Gasteiger partial charge in [-0.3, -0.25) is 0 Å². The summed E-state index contributed by atoms with van der Waals surface area (Å²) in [5, 5.41) is 7.18. The molecule has 0 amide bonds. The van der Waals surface area contributed by atoms with Crippen molar-refractivity contribution in [1.29, 1.82) is 0 Å². The Kier molecular flexibility index (Phi) is 2.66. The zero-order chi connectivity index (χ0) is 8.39. The minimum Gasteiger partial charge on any atom is -0.312 e. The Labute approximate surface area is 75.1 Å². The summed E-state index contributed by atoms with van der Waals surface area (Å²) in [6.07, 6.45) is 5.60. The van der Waals surface area contributed by atoms with Crippen molar-refractivity contribution in [2.75, 3.05) is 13.1 Å². The van der Waals surface area contributed by atoms with Crippen molar-refractivity contribution < 1.29 is 0 Å². The van der Waals surface area contributed by atoms with Gasteiger partial charge in [-0.25, -0.2) is 0 Å². The van der Waals surface area contributed by atoms with E-state index in [2.05, 4.69) is 17.6 Å². The molecule has 2 N–H and O–H groups in total. The van der Waals surface area contributed by atoms with Gasteiger partial charge in [-0.2, -0.15) is 0 Å². The molecule has 1 saturated carbocycles. The van der Waals surface area contributed by atoms with Gasteiger partial charge in [0.15, 0.2) is 0 Å². The van der Waals surface area contributed by atoms with Gasteiger partial charge in [-0.05, 0) is 31.7 Å². The van der Waals surface area contributed by atoms with Crippen LogP contribution in [0.15, 0.2) is 0 Å². The van der Waals surface area contributed by atoms with Crippen molar-refractivity contribution in [2.45, 2.75) is 44.7 Å². The standard InChI is InChI=1S/C10H20N2/c1-8-5-6-11-10(8)7-12-9-3-2-4-9/h8-12H,2-7H2,1H3. The van der Waals surface area contributed by atoms with Crippen molar-refractivity contribution in [3.05, 3.63) is 0 Å². The molecule has 0 aromatic carbocycles. The number of hydrogen-bond donors (Lipinski definition) is 2. The minimum atomic E-state index is 0.741. The summed E-state index contributed by atoms with van der Waals surface area (Å²) in [6, 6.07) is 1.59. The topological polar surface area (TPSA) is 24.1 Å². The van der Waals surface area contributed by atoms with E-state index < -0.39 is 0 Å². The lowest BCUT2D eigenvalue weighted by Crippen LogP contribution is -2.44. The van der Waals surface area contributed by atoms with E-state index in [-0.39, 0.29) is 0 Å². The molecule has 2 nitrogen and oxygen atoms in total. The smallest absolute Gasteiger partial charge is 0.0218 e. The highest BCUT2D eigenvalue weighted by Gasteiger charge is 2.24. The fraction of sp³-hybridized carbons (Fsp3) is 1.00. The average Bonchev–Trinajstić information content (AvgIpc) is 2.33. The van der Waals surface area contributed by atoms with E-state index in [1.54, 1.807) is 0 Å². The Morgan fingerprint density at radius 1 is 1.33 bits per heavy atom. The second-order valence-electron chi connectivity index (χ2n) is 4.36. The van der Waals surface area contributed by atoms with Crippen LogP contribution in [0, 0.1) is 5.92 Å². The molecule has 0 spiro atoms. The molecule has 1 saturated heterocycles. The number of nitrogens with one attached hydrogen (secondary N) is 2. The molecule has 0 radical (unpaired) electrons. The molecule has 1 heterocycles. The molecule has 70 valence electrons. The number of hydrogen-bond acceptors (Lipinski definition) is 2. The first kappa shape index (κ1) is 8.52. The molecular formula is C10H20N2. The zero-order valence-electron chi connectivity index (χ0n) is 7.97. The van der Waals surface area contributed by atoms with Gasteiger partial charge < -0.3 is 10.6 Å². The lowest BCUT2D eigenvalue weighted by molar-refractivity contribution is 0.315. The molecule has 0 aromatic rings. The van der Waals surface area contributed by atoms with Crippen LogP contribution in [0.2, 0.25) is 0 Å². The van der Waals surface area contributed by atoms with Gasteiger partial charge >= 0.3 is 0 Å². The van der Waals surface area contributed by atoms with E-state index in [4.69, 9.17) is 0 Å². The van der Waals surface area contributed by atoms with Crippen LogP contribution in [0.1, 0.15) is 32.6 Å². The van der Waals surface area contributed by atoms with Gasteiger partial charge in [-0.1, -0.05) is 13.3 Å². The Bertz CT molecular complexity index is 143. The lowest BCUT2D eigenvalue weighted by Gasteiger charge is -2.28. The van der Waals surface area contributed by atoms with Gasteiger partial charge in [0.2, 0.25) is 0 Å². The second kappa shape index (κ2) is 3.75. The Hall–Kier alpha value is -0.0800. The largest absolute Gasteiger partial charge is 0.312 e. The quantitative estimate of drug-likeness (QED) is 0.660. The molecule has 0 bridgehead atoms. The highest BCUT2D eigenvalue weighted by molar-refractivity contribution is 4.85. The van der Waals surface area contributed by atoms with E-state index in [1.807, 2.05) is 0 Å². The first-order chi connectivity index (χ1) is 5.86. The predicted octanol–water partition coefficient (Wildman–Crippen LogP) is 1.13. The highest BCUT2D eigenvalue weighted by Crippen LogP contribution is 2.19. The molecule has 2 heteroatoms. The highest BCUT2D eigenvalue weighted by atomic mass is 15.0. The molecule has 2 fully saturated rings. The fourth-order valence-electron chi connectivity index (χ4n) is 2.08. The summed E-state index contributed by atoms with van der Waals surface area (Å²) in [6.45, 7) is 4.76. The van der Waals surface area contributed by atoms with Crippen LogP contribution in [0.25, 0.3) is 0 Å². The molecule has 2 aliphatic rings. The summed E-state index contributed by atoms with van der Waals surface area (Å²) < 4.78 is 0. The fourth-order valence-corrected chi connectivity index (χ4v) is 2.08. The van der Waals surface area contributed by atoms with Crippen LogP contribution in [-0.4, -0.2) is 25.2 Å². The van der Waals surface area contributed by atoms with E-state index in [0.717, 1.165) is 18.0 Å². The van der Waals surface area contributed by atoms with Crippen LogP contribution < -0.4 is 10.6 Å². The second-order valence-corrected chi connectivity index (χ2v) is 4.36. The van der Waals surface area contributed by atoms with Crippen LogP contribution in [-0.2, 0) is 0 Å². The van der Waals surface area contributed by atoms with Crippen molar-refractivity contribution in [2.24, 2.45) is 5.92 Å². The third-order valence-corrected chi connectivity index (χ3v) is 3.42. The molecular weight excluding hydrogens is 148 g/mol. The predicted molar refractivity (Wildman–Crippen MR) is 51.2 cm³/mol. The monoisotopic (exact) mass is 168 g/mol. The van der Waals surface area contributed by atoms with Gasteiger partial charge in [0.05, 0.1) is 0 Å². The normalized spacial score (nSPS) is 36.8. The zero-order valence-corrected chi connectivity index (χ0v) is 7.97. The Morgan fingerprint density at radius 2 is 2.17 bits per heavy atom. The van der Waals surface area contributed by atoms with E-state index in [0.29, 0.717) is 0 Å². The van der Waals surface area contributed by atoms with E-state index in [1.165, 1.54) is 38.8 Å². The summed E-state index contributed by atoms with van der Waals surface area (Å²) in [7, 11) is 0. The third kappa shape index (κ3) is 1.80. The van der Waals surface area contributed by atoms with Crippen molar-refractivity contribution in [3.8, 4) is 0 Å². The molecule has 1 aliphatic heterocycles. The third-order valence-electron chi connectivity index (χ3n) is 3.42. The molecule has 1 aliphatic carbocycles. The maximum absolute atomic E-state index is 3.63. The van der Waals surface area contributed by atoms with Crippen LogP contribution in [0.4, 0.5) is 0 Å². The summed E-state index contributed by atoms with van der Waals surface area (Å²) in [5.74, 6) is 0.873. The van der Waals surface area contributed by atoms with Crippen molar-refractivity contribution >= 4 is 0 Å². The first-order valence-electron chi connectivity index (χ1n) is 5.33. The maximum atomic E-state index is 3.63. The summed E-state index contributed by atoms with van der Waals surface area (Å²) in [5.41, 5.74) is 0. The van der Waals surface area contributed by atoms with Gasteiger partial charge in [-0.15, -0.1) is 0 Å². The average molecular weight is 168 g/mol. The first-order valence-corrected chi connectivity index (χ1v) is 5.33. The van der Waals surface area contributed by atoms with Gasteiger partial charge in [0, 0.05) is 18.6 Å². The van der Waals surface area contributed by atoms with E-state index >= 15 is 0 Å². The van der Waals surface area contributed by atoms with Gasteiger partial charge in [0.25, 0.3) is 0 Å². The van der Waals surface area contributed by atoms with Gasteiger partial charge in [0.1, 0.15) is 0 Å². The molecule has 0 aromatic heterocycles. The van der Waals surface area contributed by atoms with Crippen molar-refractivity contribution in [1.82, 2.24) is 10.6 Å². The molecule has 2 rings (SSSR count). The van der Waals surface area contributed by atoms with E-state index in [9.17, 15) is 0 Å². The maximum Gasteiger partial charge on any atom is 0.0218 e. The van der Waals surface area contributed by atoms with Crippen LogP contribution in [0.3, 0.4) is 0 Å². The Morgan fingerprint density at radius 3 is 2.67 bits per heavy atom. The summed E-state index contributed by atoms with van der Waals surface area (Å²) in [4.78, 5) is 0. The molecule has 12 heavy (non-hydrogen) atoms. The van der Waals surface area contributed by atoms with Crippen LogP contribution >= 0.6 is 0 Å². The molecule has 2 unspecified atom stereocenters.